The van der Waals surface area contributed by atoms with Crippen molar-refractivity contribution in [3.8, 4) is 0 Å². The Hall–Kier alpha value is -1.30. The van der Waals surface area contributed by atoms with Crippen molar-refractivity contribution in [2.24, 2.45) is 5.84 Å². The summed E-state index contributed by atoms with van der Waals surface area (Å²) in [6.07, 6.45) is 4.62. The summed E-state index contributed by atoms with van der Waals surface area (Å²) in [5.41, 5.74) is 6.26. The topological polar surface area (TPSA) is 63.8 Å². The Morgan fingerprint density at radius 3 is 2.74 bits per heavy atom. The van der Waals surface area contributed by atoms with E-state index in [0.29, 0.717) is 0 Å². The summed E-state index contributed by atoms with van der Waals surface area (Å²) in [6.45, 7) is 4.14. The summed E-state index contributed by atoms with van der Waals surface area (Å²) in [6, 6.07) is 4.38. The molecule has 1 atom stereocenters. The van der Waals surface area contributed by atoms with E-state index in [1.54, 1.807) is 11.3 Å². The van der Waals surface area contributed by atoms with Gasteiger partial charge in [-0.2, -0.15) is 0 Å². The van der Waals surface area contributed by atoms with Crippen molar-refractivity contribution in [2.75, 3.05) is 0 Å². The number of nitrogens with two attached hydrogens (primary N) is 1. The molecule has 0 saturated carbocycles. The Labute approximate surface area is 118 Å². The first kappa shape index (κ1) is 14.1. The minimum Gasteiger partial charge on any atom is -0.271 e. The molecule has 19 heavy (non-hydrogen) atoms. The van der Waals surface area contributed by atoms with Gasteiger partial charge in [0.05, 0.1) is 5.01 Å². The molecule has 0 fully saturated rings. The largest absolute Gasteiger partial charge is 0.271 e. The molecule has 0 aliphatic heterocycles. The van der Waals surface area contributed by atoms with E-state index >= 15 is 0 Å². The molecule has 0 saturated heterocycles. The molecule has 2 heterocycles. The molecule has 5 heteroatoms. The maximum absolute atomic E-state index is 5.63. The fourth-order valence-corrected chi connectivity index (χ4v) is 2.79. The van der Waals surface area contributed by atoms with E-state index in [4.69, 9.17) is 5.84 Å². The van der Waals surface area contributed by atoms with Gasteiger partial charge in [-0.05, 0) is 25.0 Å². The van der Waals surface area contributed by atoms with Gasteiger partial charge in [0, 0.05) is 41.8 Å². The van der Waals surface area contributed by atoms with Gasteiger partial charge in [0.15, 0.2) is 0 Å². The minimum absolute atomic E-state index is 0.172. The van der Waals surface area contributed by atoms with Crippen LogP contribution < -0.4 is 11.3 Å². The first-order chi connectivity index (χ1) is 9.21. The fourth-order valence-electron chi connectivity index (χ4n) is 1.93. The van der Waals surface area contributed by atoms with Crippen LogP contribution in [-0.4, -0.2) is 16.0 Å². The van der Waals surface area contributed by atoms with Crippen LogP contribution in [0.4, 0.5) is 0 Å². The Bertz CT molecular complexity index is 506. The molecule has 3 N–H and O–H groups in total. The summed E-state index contributed by atoms with van der Waals surface area (Å²) in [4.78, 5) is 8.94. The predicted octanol–water partition coefficient (Wildman–Crippen LogP) is 2.03. The average Bonchev–Trinajstić information content (AvgIpc) is 2.84. The van der Waals surface area contributed by atoms with Crippen molar-refractivity contribution in [2.45, 2.75) is 39.2 Å². The van der Waals surface area contributed by atoms with Crippen LogP contribution in [0, 0.1) is 6.92 Å². The molecule has 0 bridgehead atoms. The number of rotatable bonds is 6. The second-order valence-electron chi connectivity index (χ2n) is 4.67. The number of nitrogens with zero attached hydrogens (tertiary/aromatic N) is 2. The Morgan fingerprint density at radius 2 is 2.21 bits per heavy atom. The third kappa shape index (κ3) is 4.09. The van der Waals surface area contributed by atoms with Gasteiger partial charge in [-0.1, -0.05) is 13.0 Å². The third-order valence-corrected chi connectivity index (χ3v) is 4.06. The standard InChI is InChI=1S/C14H20N4S/c1-3-11-4-5-12(16-8-11)6-13(18-15)7-14-17-10(2)9-19-14/h4-5,8-9,13,18H,3,6-7,15H2,1-2H3. The normalized spacial score (nSPS) is 12.6. The van der Waals surface area contributed by atoms with Gasteiger partial charge in [-0.25, -0.2) is 4.98 Å². The van der Waals surface area contributed by atoms with Crippen molar-refractivity contribution in [3.63, 3.8) is 0 Å². The number of hydrogen-bond acceptors (Lipinski definition) is 5. The van der Waals surface area contributed by atoms with Gasteiger partial charge in [0.2, 0.25) is 0 Å². The molecule has 0 aliphatic carbocycles. The summed E-state index contributed by atoms with van der Waals surface area (Å²) in [7, 11) is 0. The van der Waals surface area contributed by atoms with Gasteiger partial charge < -0.3 is 0 Å². The second-order valence-corrected chi connectivity index (χ2v) is 5.61. The quantitative estimate of drug-likeness (QED) is 0.626. The summed E-state index contributed by atoms with van der Waals surface area (Å²) < 4.78 is 0. The number of pyridine rings is 1. The summed E-state index contributed by atoms with van der Waals surface area (Å²) in [5.74, 6) is 5.63. The zero-order valence-corrected chi connectivity index (χ0v) is 12.2. The van der Waals surface area contributed by atoms with E-state index < -0.39 is 0 Å². The van der Waals surface area contributed by atoms with Crippen molar-refractivity contribution in [1.82, 2.24) is 15.4 Å². The summed E-state index contributed by atoms with van der Waals surface area (Å²) >= 11 is 1.68. The third-order valence-electron chi connectivity index (χ3n) is 3.07. The maximum atomic E-state index is 5.63. The van der Waals surface area contributed by atoms with Gasteiger partial charge in [0.1, 0.15) is 0 Å². The van der Waals surface area contributed by atoms with Crippen molar-refractivity contribution in [1.29, 1.82) is 0 Å². The lowest BCUT2D eigenvalue weighted by atomic mass is 10.1. The Balaban J connectivity index is 1.97. The molecule has 2 aromatic rings. The van der Waals surface area contributed by atoms with Crippen LogP contribution in [-0.2, 0) is 19.3 Å². The highest BCUT2D eigenvalue weighted by molar-refractivity contribution is 7.09. The molecule has 0 spiro atoms. The Morgan fingerprint density at radius 1 is 1.37 bits per heavy atom. The zero-order valence-electron chi connectivity index (χ0n) is 11.4. The molecule has 2 rings (SSSR count). The zero-order chi connectivity index (χ0) is 13.7. The molecule has 0 aromatic carbocycles. The SMILES string of the molecule is CCc1ccc(CC(Cc2nc(C)cs2)NN)nc1. The molecular formula is C14H20N4S. The van der Waals surface area contributed by atoms with Crippen LogP contribution in [0.15, 0.2) is 23.7 Å². The van der Waals surface area contributed by atoms with Crippen LogP contribution in [0.5, 0.6) is 0 Å². The Kier molecular flexibility index (Phi) is 5.01. The second kappa shape index (κ2) is 6.75. The van der Waals surface area contributed by atoms with Gasteiger partial charge >= 0.3 is 0 Å². The summed E-state index contributed by atoms with van der Waals surface area (Å²) in [5, 5.41) is 3.18. The molecule has 0 aliphatic rings. The van der Waals surface area contributed by atoms with Crippen LogP contribution in [0.3, 0.4) is 0 Å². The van der Waals surface area contributed by atoms with Crippen LogP contribution in [0.25, 0.3) is 0 Å². The van der Waals surface area contributed by atoms with E-state index in [0.717, 1.165) is 35.7 Å². The van der Waals surface area contributed by atoms with E-state index in [1.807, 2.05) is 13.1 Å². The lowest BCUT2D eigenvalue weighted by Crippen LogP contribution is -2.38. The van der Waals surface area contributed by atoms with Crippen molar-refractivity contribution in [3.05, 3.63) is 45.7 Å². The van der Waals surface area contributed by atoms with Crippen molar-refractivity contribution >= 4 is 11.3 Å². The van der Waals surface area contributed by atoms with E-state index in [1.165, 1.54) is 5.56 Å². The van der Waals surface area contributed by atoms with Gasteiger partial charge in [0.25, 0.3) is 0 Å². The van der Waals surface area contributed by atoms with E-state index in [9.17, 15) is 0 Å². The highest BCUT2D eigenvalue weighted by Gasteiger charge is 2.12. The monoisotopic (exact) mass is 276 g/mol. The first-order valence-electron chi connectivity index (χ1n) is 6.52. The number of aromatic nitrogens is 2. The molecule has 2 aromatic heterocycles. The first-order valence-corrected chi connectivity index (χ1v) is 7.40. The maximum Gasteiger partial charge on any atom is 0.0944 e. The molecule has 102 valence electrons. The van der Waals surface area contributed by atoms with E-state index in [-0.39, 0.29) is 6.04 Å². The molecular weight excluding hydrogens is 256 g/mol. The number of aryl methyl sites for hydroxylation is 2. The molecule has 4 nitrogen and oxygen atoms in total. The van der Waals surface area contributed by atoms with Crippen LogP contribution in [0.2, 0.25) is 0 Å². The van der Waals surface area contributed by atoms with Gasteiger partial charge in [-0.15, -0.1) is 11.3 Å². The lowest BCUT2D eigenvalue weighted by molar-refractivity contribution is 0.516. The van der Waals surface area contributed by atoms with Crippen molar-refractivity contribution < 1.29 is 0 Å². The number of nitrogens with one attached hydrogen (secondary N) is 1. The van der Waals surface area contributed by atoms with Crippen LogP contribution >= 0.6 is 11.3 Å². The number of thiazole rings is 1. The highest BCUT2D eigenvalue weighted by Crippen LogP contribution is 2.13. The number of hydrazine groups is 1. The molecule has 0 radical (unpaired) electrons. The fraction of sp³-hybridized carbons (Fsp3) is 0.429. The smallest absolute Gasteiger partial charge is 0.0944 e. The average molecular weight is 276 g/mol. The lowest BCUT2D eigenvalue weighted by Gasteiger charge is -2.14. The number of hydrogen-bond donors (Lipinski definition) is 2. The minimum atomic E-state index is 0.172. The van der Waals surface area contributed by atoms with E-state index in [2.05, 4.69) is 39.8 Å². The van der Waals surface area contributed by atoms with Crippen LogP contribution in [0.1, 0.15) is 28.9 Å². The molecule has 1 unspecified atom stereocenters. The highest BCUT2D eigenvalue weighted by atomic mass is 32.1. The molecule has 0 amide bonds. The van der Waals surface area contributed by atoms with Gasteiger partial charge in [-0.3, -0.25) is 16.3 Å². The predicted molar refractivity (Wildman–Crippen MR) is 79.0 cm³/mol.